The molecule has 2 heterocycles. The summed E-state index contributed by atoms with van der Waals surface area (Å²) in [5.74, 6) is -0.461. The zero-order valence-electron chi connectivity index (χ0n) is 28.1. The third kappa shape index (κ3) is 4.31. The molecule has 4 N–H and O–H groups in total. The van der Waals surface area contributed by atoms with E-state index < -0.39 is 17.2 Å². The Balaban J connectivity index is 1.24. The highest BCUT2D eigenvalue weighted by atomic mass is 16.5. The predicted octanol–water partition coefficient (Wildman–Crippen LogP) is 7.32. The number of nitrogens with zero attached hydrogens (tertiary/aromatic N) is 1. The van der Waals surface area contributed by atoms with Crippen molar-refractivity contribution in [1.29, 1.82) is 0 Å². The van der Waals surface area contributed by atoms with E-state index in [4.69, 9.17) is 9.73 Å². The first-order valence-electron chi connectivity index (χ1n) is 18.1. The van der Waals surface area contributed by atoms with E-state index in [0.29, 0.717) is 40.9 Å². The SMILES string of the molecule is CCOC(=O)C1CCCCC12Nc1cccc3ccc(C4=C(O)C(=c5ccc6cccc7c6c5=NC5(CCCCC5CC)N7)C4=O)c(c13)N2. The number of hydrogen-bond acceptors (Lipinski definition) is 8. The maximum absolute atomic E-state index is 14.5. The van der Waals surface area contributed by atoms with Crippen LogP contribution < -0.4 is 26.5 Å². The number of aliphatic hydroxyl groups is 1. The van der Waals surface area contributed by atoms with Crippen LogP contribution in [0.4, 0.5) is 17.1 Å². The average molecular weight is 655 g/mol. The summed E-state index contributed by atoms with van der Waals surface area (Å²) in [6.45, 7) is 4.39. The van der Waals surface area contributed by atoms with Crippen LogP contribution in [0.3, 0.4) is 0 Å². The van der Waals surface area contributed by atoms with Crippen LogP contribution in [0.1, 0.15) is 77.2 Å². The summed E-state index contributed by atoms with van der Waals surface area (Å²) >= 11 is 0. The number of esters is 1. The number of hydrogen-bond donors (Lipinski definition) is 4. The summed E-state index contributed by atoms with van der Waals surface area (Å²) in [6, 6.07) is 20.3. The molecule has 0 radical (unpaired) electrons. The van der Waals surface area contributed by atoms with Crippen molar-refractivity contribution >= 4 is 61.5 Å². The van der Waals surface area contributed by atoms with Gasteiger partial charge in [-0.1, -0.05) is 68.3 Å². The van der Waals surface area contributed by atoms with Crippen LogP contribution in [0.15, 0.2) is 71.4 Å². The van der Waals surface area contributed by atoms with E-state index in [9.17, 15) is 14.7 Å². The molecule has 0 bridgehead atoms. The van der Waals surface area contributed by atoms with Gasteiger partial charge in [0.1, 0.15) is 17.1 Å². The number of ketones is 1. The van der Waals surface area contributed by atoms with Crippen molar-refractivity contribution in [2.24, 2.45) is 16.8 Å². The largest absolute Gasteiger partial charge is 0.506 e. The number of carbonyl (C=O) groups is 2. The van der Waals surface area contributed by atoms with Gasteiger partial charge in [-0.3, -0.25) is 14.6 Å². The van der Waals surface area contributed by atoms with Crippen molar-refractivity contribution in [3.05, 3.63) is 82.6 Å². The summed E-state index contributed by atoms with van der Waals surface area (Å²) in [4.78, 5) is 33.3. The molecule has 5 aliphatic rings. The topological polar surface area (TPSA) is 112 Å². The van der Waals surface area contributed by atoms with Crippen LogP contribution in [-0.2, 0) is 14.3 Å². The van der Waals surface area contributed by atoms with Gasteiger partial charge in [-0.05, 0) is 74.8 Å². The van der Waals surface area contributed by atoms with Crippen molar-refractivity contribution in [2.45, 2.75) is 83.0 Å². The number of aliphatic hydroxyl groups excluding tert-OH is 1. The quantitative estimate of drug-likeness (QED) is 0.171. The Labute approximate surface area is 285 Å². The van der Waals surface area contributed by atoms with Crippen molar-refractivity contribution in [3.63, 3.8) is 0 Å². The Hall–Kier alpha value is -4.85. The van der Waals surface area contributed by atoms with E-state index >= 15 is 0 Å². The maximum atomic E-state index is 14.5. The monoisotopic (exact) mass is 654 g/mol. The fourth-order valence-electron chi connectivity index (χ4n) is 9.58. The van der Waals surface area contributed by atoms with Gasteiger partial charge in [0.15, 0.2) is 0 Å². The lowest BCUT2D eigenvalue weighted by Gasteiger charge is -2.48. The lowest BCUT2D eigenvalue weighted by molar-refractivity contribution is -0.151. The second-order valence-electron chi connectivity index (χ2n) is 14.5. The smallest absolute Gasteiger partial charge is 0.313 e. The Morgan fingerprint density at radius 2 is 1.59 bits per heavy atom. The summed E-state index contributed by atoms with van der Waals surface area (Å²) in [5.41, 5.74) is 2.76. The van der Waals surface area contributed by atoms with Crippen molar-refractivity contribution in [1.82, 2.24) is 0 Å². The number of allylic oxidation sites excluding steroid dienone is 2. The zero-order valence-corrected chi connectivity index (χ0v) is 28.1. The van der Waals surface area contributed by atoms with Gasteiger partial charge < -0.3 is 25.8 Å². The molecule has 3 aliphatic carbocycles. The van der Waals surface area contributed by atoms with Gasteiger partial charge in [0.25, 0.3) is 0 Å². The van der Waals surface area contributed by atoms with E-state index in [2.05, 4.69) is 41.1 Å². The molecule has 49 heavy (non-hydrogen) atoms. The molecular formula is C41H42N4O4. The van der Waals surface area contributed by atoms with Crippen molar-refractivity contribution in [3.8, 4) is 0 Å². The Bertz CT molecular complexity index is 2260. The van der Waals surface area contributed by atoms with Gasteiger partial charge in [-0.2, -0.15) is 0 Å². The van der Waals surface area contributed by atoms with Gasteiger partial charge >= 0.3 is 5.97 Å². The van der Waals surface area contributed by atoms with Gasteiger partial charge in [0.05, 0.1) is 34.7 Å². The number of Topliss-reactive ketones (excluding diaryl/α,β-unsaturated/α-hetero) is 1. The molecule has 4 aromatic rings. The summed E-state index contributed by atoms with van der Waals surface area (Å²) < 4.78 is 5.56. The number of benzene rings is 4. The highest BCUT2D eigenvalue weighted by molar-refractivity contribution is 6.52. The average Bonchev–Trinajstić information content (AvgIpc) is 3.11. The fourth-order valence-corrected chi connectivity index (χ4v) is 9.58. The number of nitrogens with one attached hydrogen (secondary N) is 3. The van der Waals surface area contributed by atoms with Crippen LogP contribution >= 0.6 is 0 Å². The molecule has 2 spiro atoms. The van der Waals surface area contributed by atoms with Gasteiger partial charge in [-0.25, -0.2) is 0 Å². The lowest BCUT2D eigenvalue weighted by Crippen LogP contribution is -2.58. The first kappa shape index (κ1) is 30.2. The number of ether oxygens (including phenoxy) is 1. The minimum atomic E-state index is -0.771. The zero-order chi connectivity index (χ0) is 33.5. The van der Waals surface area contributed by atoms with Crippen LogP contribution in [0, 0.1) is 11.8 Å². The molecule has 0 saturated heterocycles. The maximum Gasteiger partial charge on any atom is 0.313 e. The first-order valence-corrected chi connectivity index (χ1v) is 18.1. The van der Waals surface area contributed by atoms with Gasteiger partial charge in [0.2, 0.25) is 5.78 Å². The van der Waals surface area contributed by atoms with E-state index in [0.717, 1.165) is 88.9 Å². The van der Waals surface area contributed by atoms with E-state index in [-0.39, 0.29) is 17.5 Å². The molecule has 8 nitrogen and oxygen atoms in total. The molecular weight excluding hydrogens is 612 g/mol. The minimum Gasteiger partial charge on any atom is -0.506 e. The molecule has 8 heteroatoms. The molecule has 2 aliphatic heterocycles. The lowest BCUT2D eigenvalue weighted by atomic mass is 9.75. The Kier molecular flexibility index (Phi) is 6.84. The standard InChI is InChI=1S/C41H42N4O4/c1-3-25-13-5-7-21-40(25)42-29-15-9-11-23-17-19-26(35(44-40)31(23)29)33-37(46)34(38(33)47)27-20-18-24-12-10-16-30-32(24)36(27)45-41(43-30)22-8-6-14-28(41)39(48)49-4-2/h9-12,15-20,25,28,42-43,45-46H,3-8,13-14,21-22H2,1-2H3. The predicted molar refractivity (Wildman–Crippen MR) is 194 cm³/mol. The van der Waals surface area contributed by atoms with Crippen molar-refractivity contribution < 1.29 is 19.4 Å². The molecule has 4 unspecified atom stereocenters. The summed E-state index contributed by atoms with van der Waals surface area (Å²) in [6.07, 6.45) is 8.65. The molecule has 250 valence electrons. The molecule has 2 fully saturated rings. The number of rotatable bonds is 4. The summed E-state index contributed by atoms with van der Waals surface area (Å²) in [5, 5.41) is 28.7. The molecule has 9 rings (SSSR count). The highest BCUT2D eigenvalue weighted by Crippen LogP contribution is 2.50. The highest BCUT2D eigenvalue weighted by Gasteiger charge is 2.49. The van der Waals surface area contributed by atoms with Crippen LogP contribution in [-0.4, -0.2) is 34.8 Å². The second-order valence-corrected chi connectivity index (χ2v) is 14.5. The molecule has 0 aromatic heterocycles. The number of anilines is 3. The number of carbonyl (C=O) groups excluding carboxylic acids is 2. The molecule has 4 aromatic carbocycles. The first-order chi connectivity index (χ1) is 23.9. The molecule has 0 amide bonds. The van der Waals surface area contributed by atoms with Gasteiger partial charge in [-0.15, -0.1) is 0 Å². The van der Waals surface area contributed by atoms with E-state index in [1.165, 1.54) is 6.42 Å². The van der Waals surface area contributed by atoms with Crippen LogP contribution in [0.2, 0.25) is 0 Å². The van der Waals surface area contributed by atoms with E-state index in [1.54, 1.807) is 0 Å². The summed E-state index contributed by atoms with van der Waals surface area (Å²) in [7, 11) is 0. The van der Waals surface area contributed by atoms with Crippen LogP contribution in [0.5, 0.6) is 0 Å². The third-order valence-electron chi connectivity index (χ3n) is 11.9. The minimum absolute atomic E-state index is 0.00963. The van der Waals surface area contributed by atoms with E-state index in [1.807, 2.05) is 49.4 Å². The fraction of sp³-hybridized carbons (Fsp3) is 0.390. The van der Waals surface area contributed by atoms with Gasteiger partial charge in [0, 0.05) is 38.8 Å². The molecule has 4 atom stereocenters. The molecule has 2 saturated carbocycles. The van der Waals surface area contributed by atoms with Crippen LogP contribution in [0.25, 0.3) is 32.7 Å². The Morgan fingerprint density at radius 3 is 2.37 bits per heavy atom. The Morgan fingerprint density at radius 1 is 0.857 bits per heavy atom. The third-order valence-corrected chi connectivity index (χ3v) is 11.9. The normalized spacial score (nSPS) is 28.1. The van der Waals surface area contributed by atoms with Crippen molar-refractivity contribution in [2.75, 3.05) is 22.6 Å². The second kappa shape index (κ2) is 11.1.